The summed E-state index contributed by atoms with van der Waals surface area (Å²) in [6, 6.07) is 3.32. The maximum atomic E-state index is 10.5. The largest absolute Gasteiger partial charge is 0.364 e. The highest BCUT2D eigenvalue weighted by atomic mass is 16.1. The second kappa shape index (κ2) is 2.23. The molecule has 0 aliphatic carbocycles. The highest BCUT2D eigenvalue weighted by Gasteiger charge is 2.06. The zero-order valence-electron chi connectivity index (χ0n) is 5.09. The van der Waals surface area contributed by atoms with Crippen molar-refractivity contribution in [3.05, 3.63) is 23.5 Å². The van der Waals surface area contributed by atoms with Crippen molar-refractivity contribution in [2.24, 2.45) is 5.73 Å². The van der Waals surface area contributed by atoms with Crippen molar-refractivity contribution in [1.82, 2.24) is 4.98 Å². The molecule has 0 unspecified atom stereocenters. The Balaban J connectivity index is 3.17. The fourth-order valence-corrected chi connectivity index (χ4v) is 0.666. The molecule has 50 valence electrons. The molecule has 1 heterocycles. The van der Waals surface area contributed by atoms with Crippen LogP contribution in [0, 0.1) is 11.3 Å². The highest BCUT2D eigenvalue weighted by Crippen LogP contribution is 2.02. The number of H-pyrrole nitrogens is 1. The molecule has 3 N–H and O–H groups in total. The first-order valence-corrected chi connectivity index (χ1v) is 2.63. The first-order chi connectivity index (χ1) is 4.75. The summed E-state index contributed by atoms with van der Waals surface area (Å²) in [6.45, 7) is 0. The molecule has 0 aromatic carbocycles. The Morgan fingerprint density at radius 3 is 2.90 bits per heavy atom. The zero-order valence-corrected chi connectivity index (χ0v) is 5.09. The van der Waals surface area contributed by atoms with E-state index in [1.807, 2.05) is 6.07 Å². The molecule has 0 radical (unpaired) electrons. The van der Waals surface area contributed by atoms with Gasteiger partial charge in [-0.3, -0.25) is 4.79 Å². The molecule has 1 rings (SSSR count). The third kappa shape index (κ3) is 0.845. The van der Waals surface area contributed by atoms with Crippen LogP contribution in [0.5, 0.6) is 0 Å². The van der Waals surface area contributed by atoms with Gasteiger partial charge in [0, 0.05) is 6.20 Å². The fraction of sp³-hybridized carbons (Fsp3) is 0. The molecule has 0 spiro atoms. The van der Waals surface area contributed by atoms with E-state index in [4.69, 9.17) is 11.0 Å². The van der Waals surface area contributed by atoms with Crippen LogP contribution in [0.4, 0.5) is 0 Å². The topological polar surface area (TPSA) is 82.7 Å². The van der Waals surface area contributed by atoms with Crippen LogP contribution in [0.15, 0.2) is 12.3 Å². The van der Waals surface area contributed by atoms with E-state index in [1.54, 1.807) is 0 Å². The van der Waals surface area contributed by atoms with Crippen LogP contribution >= 0.6 is 0 Å². The molecule has 10 heavy (non-hydrogen) atoms. The van der Waals surface area contributed by atoms with Crippen molar-refractivity contribution < 1.29 is 4.79 Å². The lowest BCUT2D eigenvalue weighted by atomic mass is 10.2. The van der Waals surface area contributed by atoms with E-state index < -0.39 is 5.91 Å². The lowest BCUT2D eigenvalue weighted by molar-refractivity contribution is 0.0996. The van der Waals surface area contributed by atoms with Gasteiger partial charge >= 0.3 is 0 Å². The van der Waals surface area contributed by atoms with Crippen molar-refractivity contribution in [2.75, 3.05) is 0 Å². The van der Waals surface area contributed by atoms with Gasteiger partial charge in [0.1, 0.15) is 11.8 Å². The van der Waals surface area contributed by atoms with Gasteiger partial charge in [-0.25, -0.2) is 0 Å². The number of carbonyl (C=O) groups is 1. The molecule has 1 amide bonds. The second-order valence-electron chi connectivity index (χ2n) is 1.74. The van der Waals surface area contributed by atoms with Gasteiger partial charge in [0.2, 0.25) is 0 Å². The molecule has 0 saturated carbocycles. The molecule has 4 heteroatoms. The van der Waals surface area contributed by atoms with Crippen LogP contribution < -0.4 is 5.73 Å². The molecular formula is C6H5N3O. The monoisotopic (exact) mass is 135 g/mol. The van der Waals surface area contributed by atoms with Crippen molar-refractivity contribution in [3.8, 4) is 6.07 Å². The normalized spacial score (nSPS) is 8.70. The van der Waals surface area contributed by atoms with E-state index in [9.17, 15) is 4.79 Å². The number of nitriles is 1. The van der Waals surface area contributed by atoms with Gasteiger partial charge in [-0.15, -0.1) is 0 Å². The summed E-state index contributed by atoms with van der Waals surface area (Å²) in [4.78, 5) is 13.0. The number of rotatable bonds is 1. The Kier molecular flexibility index (Phi) is 1.42. The number of carbonyl (C=O) groups excluding carboxylic acids is 1. The van der Waals surface area contributed by atoms with Gasteiger partial charge in [0.15, 0.2) is 0 Å². The van der Waals surface area contributed by atoms with Crippen LogP contribution in [0.1, 0.15) is 16.1 Å². The smallest absolute Gasteiger partial charge is 0.266 e. The summed E-state index contributed by atoms with van der Waals surface area (Å²) < 4.78 is 0. The van der Waals surface area contributed by atoms with Gasteiger partial charge in [0.05, 0.1) is 5.56 Å². The number of aromatic amines is 1. The number of hydrogen-bond donors (Lipinski definition) is 2. The van der Waals surface area contributed by atoms with Crippen molar-refractivity contribution in [1.29, 1.82) is 5.26 Å². The third-order valence-electron chi connectivity index (χ3n) is 1.11. The average molecular weight is 135 g/mol. The SMILES string of the molecule is N#Cc1cc[nH]c1C(N)=O. The van der Waals surface area contributed by atoms with E-state index in [0.717, 1.165) is 0 Å². The molecule has 0 saturated heterocycles. The predicted octanol–water partition coefficient (Wildman–Crippen LogP) is -0.0147. The Bertz CT molecular complexity index is 294. The molecule has 4 nitrogen and oxygen atoms in total. The first kappa shape index (κ1) is 6.36. The number of nitrogens with one attached hydrogen (secondary N) is 1. The zero-order chi connectivity index (χ0) is 7.56. The Hall–Kier alpha value is -1.76. The van der Waals surface area contributed by atoms with Crippen LogP contribution in [0.25, 0.3) is 0 Å². The van der Waals surface area contributed by atoms with Gasteiger partial charge in [-0.05, 0) is 6.07 Å². The summed E-state index contributed by atoms with van der Waals surface area (Å²) >= 11 is 0. The van der Waals surface area contributed by atoms with Crippen LogP contribution in [-0.2, 0) is 0 Å². The van der Waals surface area contributed by atoms with Crippen LogP contribution in [0.2, 0.25) is 0 Å². The maximum Gasteiger partial charge on any atom is 0.266 e. The van der Waals surface area contributed by atoms with Crippen molar-refractivity contribution in [2.45, 2.75) is 0 Å². The number of amides is 1. The highest BCUT2D eigenvalue weighted by molar-refractivity contribution is 5.93. The number of hydrogen-bond acceptors (Lipinski definition) is 2. The number of nitrogens with two attached hydrogens (primary N) is 1. The van der Waals surface area contributed by atoms with Gasteiger partial charge in [0.25, 0.3) is 5.91 Å². The molecule has 0 fully saturated rings. The number of nitrogens with zero attached hydrogens (tertiary/aromatic N) is 1. The Morgan fingerprint density at radius 1 is 1.80 bits per heavy atom. The van der Waals surface area contributed by atoms with Gasteiger partial charge in [-0.1, -0.05) is 0 Å². The van der Waals surface area contributed by atoms with E-state index in [0.29, 0.717) is 0 Å². The van der Waals surface area contributed by atoms with Crippen LogP contribution in [0.3, 0.4) is 0 Å². The van der Waals surface area contributed by atoms with Gasteiger partial charge in [-0.2, -0.15) is 5.26 Å². The standard InChI is InChI=1S/C6H5N3O/c7-3-4-1-2-9-5(4)6(8)10/h1-2,9H,(H2,8,10). The minimum absolute atomic E-state index is 0.169. The lowest BCUT2D eigenvalue weighted by Gasteiger charge is -1.86. The van der Waals surface area contributed by atoms with E-state index in [1.165, 1.54) is 12.3 Å². The summed E-state index contributed by atoms with van der Waals surface area (Å²) in [7, 11) is 0. The number of aromatic nitrogens is 1. The van der Waals surface area contributed by atoms with Gasteiger partial charge < -0.3 is 10.7 Å². The van der Waals surface area contributed by atoms with Crippen molar-refractivity contribution >= 4 is 5.91 Å². The molecule has 0 aliphatic rings. The maximum absolute atomic E-state index is 10.5. The number of primary amides is 1. The average Bonchev–Trinajstić information content (AvgIpc) is 2.33. The Labute approximate surface area is 57.3 Å². The summed E-state index contributed by atoms with van der Waals surface area (Å²) in [5.74, 6) is -0.610. The molecule has 0 bridgehead atoms. The molecule has 0 aliphatic heterocycles. The quantitative estimate of drug-likeness (QED) is 0.567. The van der Waals surface area contributed by atoms with E-state index >= 15 is 0 Å². The van der Waals surface area contributed by atoms with Crippen LogP contribution in [-0.4, -0.2) is 10.9 Å². The summed E-state index contributed by atoms with van der Waals surface area (Å²) in [5.41, 5.74) is 5.37. The second-order valence-corrected chi connectivity index (χ2v) is 1.74. The van der Waals surface area contributed by atoms with E-state index in [-0.39, 0.29) is 11.3 Å². The molecule has 1 aromatic heterocycles. The fourth-order valence-electron chi connectivity index (χ4n) is 0.666. The first-order valence-electron chi connectivity index (χ1n) is 2.63. The third-order valence-corrected chi connectivity index (χ3v) is 1.11. The minimum atomic E-state index is -0.610. The molecule has 1 aromatic rings. The predicted molar refractivity (Wildman–Crippen MR) is 34.0 cm³/mol. The Morgan fingerprint density at radius 2 is 2.50 bits per heavy atom. The molecular weight excluding hydrogens is 130 g/mol. The molecule has 0 atom stereocenters. The van der Waals surface area contributed by atoms with E-state index in [2.05, 4.69) is 4.98 Å². The minimum Gasteiger partial charge on any atom is -0.364 e. The lowest BCUT2D eigenvalue weighted by Crippen LogP contribution is -2.12. The summed E-state index contributed by atoms with van der Waals surface area (Å²) in [5, 5.41) is 8.38. The van der Waals surface area contributed by atoms with Crippen molar-refractivity contribution in [3.63, 3.8) is 0 Å². The summed E-state index contributed by atoms with van der Waals surface area (Å²) in [6.07, 6.45) is 1.50.